The van der Waals surface area contributed by atoms with Gasteiger partial charge in [0.05, 0.1) is 33.0 Å². The molecular formula is C12H23NO7. The molecule has 0 unspecified atom stereocenters. The van der Waals surface area contributed by atoms with Crippen molar-refractivity contribution in [1.29, 1.82) is 0 Å². The highest BCUT2D eigenvalue weighted by Crippen LogP contribution is 1.81. The summed E-state index contributed by atoms with van der Waals surface area (Å²) in [5.74, 6) is -1.23. The number of nitrogens with one attached hydrogen (secondary N) is 1. The number of carbonyl (C=O) groups excluding carboxylic acids is 1. The number of rotatable bonds is 14. The second-order valence-electron chi connectivity index (χ2n) is 3.66. The Labute approximate surface area is 118 Å². The van der Waals surface area contributed by atoms with Gasteiger partial charge in [0.25, 0.3) is 0 Å². The van der Waals surface area contributed by atoms with Crippen LogP contribution < -0.4 is 5.32 Å². The fourth-order valence-corrected chi connectivity index (χ4v) is 1.12. The Kier molecular flexibility index (Phi) is 13.3. The Bertz CT molecular complexity index is 260. The van der Waals surface area contributed by atoms with Crippen LogP contribution >= 0.6 is 0 Å². The van der Waals surface area contributed by atoms with E-state index in [4.69, 9.17) is 24.1 Å². The number of amides is 1. The highest BCUT2D eigenvalue weighted by molar-refractivity contribution is 5.77. The molecule has 118 valence electrons. The fraction of sp³-hybridized carbons (Fsp3) is 0.833. The van der Waals surface area contributed by atoms with Crippen LogP contribution in [0.3, 0.4) is 0 Å². The quantitative estimate of drug-likeness (QED) is 0.407. The van der Waals surface area contributed by atoms with Crippen molar-refractivity contribution >= 4 is 11.9 Å². The molecule has 0 heterocycles. The van der Waals surface area contributed by atoms with Gasteiger partial charge in [0.2, 0.25) is 5.91 Å². The number of carboxylic acids is 1. The summed E-state index contributed by atoms with van der Waals surface area (Å²) in [5, 5.41) is 10.9. The van der Waals surface area contributed by atoms with E-state index in [9.17, 15) is 9.59 Å². The monoisotopic (exact) mass is 293 g/mol. The summed E-state index contributed by atoms with van der Waals surface area (Å²) in [5.41, 5.74) is 0. The number of carbonyl (C=O) groups is 2. The van der Waals surface area contributed by atoms with E-state index in [0.29, 0.717) is 33.0 Å². The molecule has 0 saturated carbocycles. The molecule has 0 aromatic rings. The molecule has 20 heavy (non-hydrogen) atoms. The maximum atomic E-state index is 11.3. The van der Waals surface area contributed by atoms with E-state index >= 15 is 0 Å². The molecule has 0 fully saturated rings. The lowest BCUT2D eigenvalue weighted by molar-refractivity contribution is -0.142. The number of hydrogen-bond acceptors (Lipinski definition) is 6. The van der Waals surface area contributed by atoms with Gasteiger partial charge < -0.3 is 29.4 Å². The molecule has 0 aliphatic rings. The molecule has 0 aliphatic carbocycles. The molecule has 2 N–H and O–H groups in total. The summed E-state index contributed by atoms with van der Waals surface area (Å²) in [4.78, 5) is 21.4. The lowest BCUT2D eigenvalue weighted by Gasteiger charge is -2.07. The van der Waals surface area contributed by atoms with Crippen molar-refractivity contribution in [1.82, 2.24) is 5.32 Å². The SMILES string of the molecule is CCOCCOCC(=O)NCCOCCOCC(=O)O. The number of hydrogen-bond donors (Lipinski definition) is 2. The van der Waals surface area contributed by atoms with E-state index in [1.807, 2.05) is 6.92 Å². The summed E-state index contributed by atoms with van der Waals surface area (Å²) in [6.45, 7) is 4.24. The highest BCUT2D eigenvalue weighted by atomic mass is 16.5. The smallest absolute Gasteiger partial charge is 0.329 e. The first-order valence-electron chi connectivity index (χ1n) is 6.46. The molecule has 8 nitrogen and oxygen atoms in total. The normalized spacial score (nSPS) is 10.4. The van der Waals surface area contributed by atoms with Crippen LogP contribution in [0.2, 0.25) is 0 Å². The van der Waals surface area contributed by atoms with Gasteiger partial charge in [0.1, 0.15) is 13.2 Å². The number of aliphatic carboxylic acids is 1. The molecule has 0 saturated heterocycles. The third kappa shape index (κ3) is 14.8. The maximum absolute atomic E-state index is 11.3. The predicted molar refractivity (Wildman–Crippen MR) is 69.6 cm³/mol. The van der Waals surface area contributed by atoms with Gasteiger partial charge in [-0.25, -0.2) is 4.79 Å². The summed E-state index contributed by atoms with van der Waals surface area (Å²) in [6.07, 6.45) is 0. The molecule has 0 spiro atoms. The van der Waals surface area contributed by atoms with E-state index in [-0.39, 0.29) is 32.3 Å². The molecule has 0 bridgehead atoms. The van der Waals surface area contributed by atoms with Crippen molar-refractivity contribution in [2.75, 3.05) is 59.4 Å². The van der Waals surface area contributed by atoms with Crippen molar-refractivity contribution < 1.29 is 33.6 Å². The van der Waals surface area contributed by atoms with Crippen LogP contribution in [0.5, 0.6) is 0 Å². The van der Waals surface area contributed by atoms with Crippen LogP contribution in [0.25, 0.3) is 0 Å². The van der Waals surface area contributed by atoms with E-state index in [0.717, 1.165) is 0 Å². The molecule has 0 aromatic heterocycles. The highest BCUT2D eigenvalue weighted by Gasteiger charge is 2.00. The minimum Gasteiger partial charge on any atom is -0.480 e. The maximum Gasteiger partial charge on any atom is 0.329 e. The van der Waals surface area contributed by atoms with Gasteiger partial charge in [0, 0.05) is 13.2 Å². The third-order valence-corrected chi connectivity index (χ3v) is 1.98. The van der Waals surface area contributed by atoms with Crippen molar-refractivity contribution in [3.05, 3.63) is 0 Å². The molecule has 0 atom stereocenters. The first kappa shape index (κ1) is 18.8. The van der Waals surface area contributed by atoms with E-state index in [1.54, 1.807) is 0 Å². The van der Waals surface area contributed by atoms with Crippen LogP contribution in [0.4, 0.5) is 0 Å². The second kappa shape index (κ2) is 14.2. The van der Waals surface area contributed by atoms with E-state index < -0.39 is 5.97 Å². The summed E-state index contributed by atoms with van der Waals surface area (Å²) in [7, 11) is 0. The van der Waals surface area contributed by atoms with Crippen molar-refractivity contribution in [3.8, 4) is 0 Å². The zero-order valence-electron chi connectivity index (χ0n) is 11.8. The number of carboxylic acid groups (broad SMARTS) is 1. The Balaban J connectivity index is 3.17. The summed E-state index contributed by atoms with van der Waals surface area (Å²) >= 11 is 0. The van der Waals surface area contributed by atoms with Gasteiger partial charge in [-0.3, -0.25) is 4.79 Å². The minimum absolute atomic E-state index is 0.00516. The predicted octanol–water partition coefficient (Wildman–Crippen LogP) is -0.726. The average molecular weight is 293 g/mol. The van der Waals surface area contributed by atoms with Crippen LogP contribution in [-0.4, -0.2) is 76.4 Å². The molecule has 1 amide bonds. The van der Waals surface area contributed by atoms with Crippen molar-refractivity contribution in [2.24, 2.45) is 0 Å². The topological polar surface area (TPSA) is 103 Å². The van der Waals surface area contributed by atoms with Crippen molar-refractivity contribution in [3.63, 3.8) is 0 Å². The van der Waals surface area contributed by atoms with Gasteiger partial charge in [-0.1, -0.05) is 0 Å². The zero-order chi connectivity index (χ0) is 15.1. The van der Waals surface area contributed by atoms with E-state index in [1.165, 1.54) is 0 Å². The van der Waals surface area contributed by atoms with Crippen molar-refractivity contribution in [2.45, 2.75) is 6.92 Å². The van der Waals surface area contributed by atoms with Gasteiger partial charge in [0.15, 0.2) is 0 Å². The Morgan fingerprint density at radius 1 is 0.900 bits per heavy atom. The largest absolute Gasteiger partial charge is 0.480 e. The van der Waals surface area contributed by atoms with Gasteiger partial charge in [-0.2, -0.15) is 0 Å². The standard InChI is InChI=1S/C12H23NO7/c1-2-17-5-7-19-9-11(14)13-3-4-18-6-8-20-10-12(15)16/h2-10H2,1H3,(H,13,14)(H,15,16). The summed E-state index contributed by atoms with van der Waals surface area (Å²) in [6, 6.07) is 0. The second-order valence-corrected chi connectivity index (χ2v) is 3.66. The average Bonchev–Trinajstić information content (AvgIpc) is 2.41. The Morgan fingerprint density at radius 3 is 2.15 bits per heavy atom. The molecule has 0 rings (SSSR count). The molecule has 0 aliphatic heterocycles. The zero-order valence-corrected chi connectivity index (χ0v) is 11.8. The van der Waals surface area contributed by atoms with Gasteiger partial charge in [-0.05, 0) is 6.92 Å². The van der Waals surface area contributed by atoms with Crippen LogP contribution in [-0.2, 0) is 28.5 Å². The number of ether oxygens (including phenoxy) is 4. The van der Waals surface area contributed by atoms with Crippen LogP contribution in [0.15, 0.2) is 0 Å². The Morgan fingerprint density at radius 2 is 1.50 bits per heavy atom. The fourth-order valence-electron chi connectivity index (χ4n) is 1.12. The van der Waals surface area contributed by atoms with Gasteiger partial charge >= 0.3 is 5.97 Å². The molecular weight excluding hydrogens is 270 g/mol. The molecule has 0 radical (unpaired) electrons. The molecule has 8 heteroatoms. The van der Waals surface area contributed by atoms with Crippen LogP contribution in [0, 0.1) is 0 Å². The van der Waals surface area contributed by atoms with E-state index in [2.05, 4.69) is 5.32 Å². The van der Waals surface area contributed by atoms with Crippen LogP contribution in [0.1, 0.15) is 6.92 Å². The minimum atomic E-state index is -1.01. The lowest BCUT2D eigenvalue weighted by atomic mass is 10.6. The summed E-state index contributed by atoms with van der Waals surface area (Å²) < 4.78 is 20.0. The molecule has 0 aromatic carbocycles. The Hall–Kier alpha value is -1.22. The van der Waals surface area contributed by atoms with Gasteiger partial charge in [-0.15, -0.1) is 0 Å². The first-order valence-corrected chi connectivity index (χ1v) is 6.46. The third-order valence-electron chi connectivity index (χ3n) is 1.98. The first-order chi connectivity index (χ1) is 9.66. The lowest BCUT2D eigenvalue weighted by Crippen LogP contribution is -2.31.